The first-order valence-corrected chi connectivity index (χ1v) is 7.02. The minimum absolute atomic E-state index is 0.0485. The van der Waals surface area contributed by atoms with Crippen LogP contribution in [-0.2, 0) is 9.59 Å². The summed E-state index contributed by atoms with van der Waals surface area (Å²) in [6.07, 6.45) is 1.23. The Morgan fingerprint density at radius 3 is 2.76 bits per heavy atom. The highest BCUT2D eigenvalue weighted by molar-refractivity contribution is 5.90. The van der Waals surface area contributed by atoms with Crippen LogP contribution in [0.2, 0.25) is 0 Å². The molecule has 0 heterocycles. The Hall–Kier alpha value is -2.08. The van der Waals surface area contributed by atoms with E-state index in [0.29, 0.717) is 23.9 Å². The quantitative estimate of drug-likeness (QED) is 0.598. The van der Waals surface area contributed by atoms with Gasteiger partial charge in [0.05, 0.1) is 0 Å². The van der Waals surface area contributed by atoms with Crippen molar-refractivity contribution in [3.05, 3.63) is 24.3 Å². The van der Waals surface area contributed by atoms with Gasteiger partial charge in [0, 0.05) is 24.2 Å². The molecule has 0 aliphatic carbocycles. The number of hydrogen-bond acceptors (Lipinski definition) is 4. The Morgan fingerprint density at radius 2 is 2.10 bits per heavy atom. The van der Waals surface area contributed by atoms with Crippen molar-refractivity contribution in [2.24, 2.45) is 5.73 Å². The van der Waals surface area contributed by atoms with Gasteiger partial charge in [-0.05, 0) is 25.1 Å². The Morgan fingerprint density at radius 1 is 1.33 bits per heavy atom. The molecule has 0 aliphatic rings. The summed E-state index contributed by atoms with van der Waals surface area (Å²) in [5.41, 5.74) is 5.65. The monoisotopic (exact) mass is 293 g/mol. The fourth-order valence-electron chi connectivity index (χ4n) is 1.68. The highest BCUT2D eigenvalue weighted by Gasteiger charge is 2.04. The van der Waals surface area contributed by atoms with Gasteiger partial charge in [-0.1, -0.05) is 19.9 Å². The fraction of sp³-hybridized carbons (Fsp3) is 0.467. The molecule has 0 atom stereocenters. The van der Waals surface area contributed by atoms with Gasteiger partial charge >= 0.3 is 0 Å². The maximum atomic E-state index is 11.8. The number of benzene rings is 1. The van der Waals surface area contributed by atoms with Gasteiger partial charge in [-0.15, -0.1) is 0 Å². The van der Waals surface area contributed by atoms with E-state index in [-0.39, 0.29) is 12.5 Å². The molecule has 0 aliphatic heterocycles. The molecule has 0 aromatic heterocycles. The number of primary amides is 1. The molecule has 0 bridgehead atoms. The minimum atomic E-state index is -0.540. The predicted molar refractivity (Wildman–Crippen MR) is 82.1 cm³/mol. The van der Waals surface area contributed by atoms with E-state index < -0.39 is 5.91 Å². The lowest BCUT2D eigenvalue weighted by molar-refractivity contribution is -0.120. The normalized spacial score (nSPS) is 10.4. The van der Waals surface area contributed by atoms with E-state index in [9.17, 15) is 9.59 Å². The molecule has 21 heavy (non-hydrogen) atoms. The first-order chi connectivity index (χ1) is 9.97. The summed E-state index contributed by atoms with van der Waals surface area (Å²) >= 11 is 0. The molecule has 0 saturated carbocycles. The van der Waals surface area contributed by atoms with Crippen molar-refractivity contribution in [2.45, 2.75) is 32.7 Å². The van der Waals surface area contributed by atoms with Gasteiger partial charge in [0.2, 0.25) is 5.91 Å². The second-order valence-electron chi connectivity index (χ2n) is 5.04. The summed E-state index contributed by atoms with van der Waals surface area (Å²) in [4.78, 5) is 22.4. The maximum absolute atomic E-state index is 11.8. The average Bonchev–Trinajstić information content (AvgIpc) is 2.41. The van der Waals surface area contributed by atoms with Crippen molar-refractivity contribution < 1.29 is 14.3 Å². The number of carbonyl (C=O) groups is 2. The van der Waals surface area contributed by atoms with E-state index in [1.165, 1.54) is 0 Å². The SMILES string of the molecule is CC(C)NCCCC(=O)Nc1cccc(OCC(N)=O)c1. The minimum Gasteiger partial charge on any atom is -0.484 e. The van der Waals surface area contributed by atoms with Gasteiger partial charge in [-0.2, -0.15) is 0 Å². The first-order valence-electron chi connectivity index (χ1n) is 7.02. The van der Waals surface area contributed by atoms with Gasteiger partial charge in [-0.3, -0.25) is 9.59 Å². The fourth-order valence-corrected chi connectivity index (χ4v) is 1.68. The van der Waals surface area contributed by atoms with Crippen LogP contribution in [0.4, 0.5) is 5.69 Å². The van der Waals surface area contributed by atoms with E-state index in [0.717, 1.165) is 13.0 Å². The highest BCUT2D eigenvalue weighted by atomic mass is 16.5. The zero-order valence-electron chi connectivity index (χ0n) is 12.5. The smallest absolute Gasteiger partial charge is 0.255 e. The van der Waals surface area contributed by atoms with Crippen LogP contribution in [0.15, 0.2) is 24.3 Å². The van der Waals surface area contributed by atoms with E-state index in [4.69, 9.17) is 10.5 Å². The van der Waals surface area contributed by atoms with E-state index in [1.54, 1.807) is 24.3 Å². The van der Waals surface area contributed by atoms with Gasteiger partial charge in [0.15, 0.2) is 6.61 Å². The Balaban J connectivity index is 2.38. The number of anilines is 1. The van der Waals surface area contributed by atoms with Gasteiger partial charge in [0.25, 0.3) is 5.91 Å². The van der Waals surface area contributed by atoms with Crippen LogP contribution < -0.4 is 21.1 Å². The zero-order valence-corrected chi connectivity index (χ0v) is 12.5. The van der Waals surface area contributed by atoms with E-state index in [1.807, 2.05) is 0 Å². The van der Waals surface area contributed by atoms with Gasteiger partial charge in [0.1, 0.15) is 5.75 Å². The molecule has 0 fully saturated rings. The predicted octanol–water partition coefficient (Wildman–Crippen LogP) is 1.27. The molecule has 1 rings (SSSR count). The van der Waals surface area contributed by atoms with Crippen molar-refractivity contribution in [1.29, 1.82) is 0 Å². The summed E-state index contributed by atoms with van der Waals surface area (Å²) in [5.74, 6) is -0.0947. The van der Waals surface area contributed by atoms with Crippen LogP contribution in [0.25, 0.3) is 0 Å². The molecule has 6 nitrogen and oxygen atoms in total. The number of hydrogen-bond donors (Lipinski definition) is 3. The van der Waals surface area contributed by atoms with Gasteiger partial charge < -0.3 is 21.1 Å². The Labute approximate surface area is 125 Å². The molecule has 0 unspecified atom stereocenters. The van der Waals surface area contributed by atoms with Crippen molar-refractivity contribution in [2.75, 3.05) is 18.5 Å². The molecule has 1 aromatic rings. The zero-order chi connectivity index (χ0) is 15.7. The molecule has 4 N–H and O–H groups in total. The van der Waals surface area contributed by atoms with E-state index in [2.05, 4.69) is 24.5 Å². The van der Waals surface area contributed by atoms with Gasteiger partial charge in [-0.25, -0.2) is 0 Å². The molecule has 1 aromatic carbocycles. The number of ether oxygens (including phenoxy) is 1. The van der Waals surface area contributed by atoms with E-state index >= 15 is 0 Å². The summed E-state index contributed by atoms with van der Waals surface area (Å²) in [6.45, 7) is 4.76. The average molecular weight is 293 g/mol. The molecule has 0 spiro atoms. The van der Waals surface area contributed by atoms with Crippen molar-refractivity contribution in [3.63, 3.8) is 0 Å². The number of nitrogens with one attached hydrogen (secondary N) is 2. The molecule has 2 amide bonds. The molecular weight excluding hydrogens is 270 g/mol. The maximum Gasteiger partial charge on any atom is 0.255 e. The van der Waals surface area contributed by atoms with Crippen molar-refractivity contribution >= 4 is 17.5 Å². The highest BCUT2D eigenvalue weighted by Crippen LogP contribution is 2.17. The van der Waals surface area contributed by atoms with Crippen LogP contribution in [0.5, 0.6) is 5.75 Å². The number of nitrogens with two attached hydrogens (primary N) is 1. The largest absolute Gasteiger partial charge is 0.484 e. The topological polar surface area (TPSA) is 93.4 Å². The molecule has 0 radical (unpaired) electrons. The third kappa shape index (κ3) is 7.94. The third-order valence-electron chi connectivity index (χ3n) is 2.63. The van der Waals surface area contributed by atoms with Crippen LogP contribution in [-0.4, -0.2) is 31.0 Å². The second kappa shape index (κ2) is 8.97. The number of rotatable bonds is 9. The Bertz CT molecular complexity index is 475. The van der Waals surface area contributed by atoms with Crippen molar-refractivity contribution in [1.82, 2.24) is 5.32 Å². The van der Waals surface area contributed by atoms with Crippen LogP contribution >= 0.6 is 0 Å². The van der Waals surface area contributed by atoms with Crippen molar-refractivity contribution in [3.8, 4) is 5.75 Å². The summed E-state index contributed by atoms with van der Waals surface area (Å²) in [7, 11) is 0. The number of amides is 2. The van der Waals surface area contributed by atoms with Crippen LogP contribution in [0.3, 0.4) is 0 Å². The number of carbonyl (C=O) groups excluding carboxylic acids is 2. The third-order valence-corrected chi connectivity index (χ3v) is 2.63. The lowest BCUT2D eigenvalue weighted by Gasteiger charge is -2.09. The standard InChI is InChI=1S/C15H23N3O3/c1-11(2)17-8-4-7-15(20)18-12-5-3-6-13(9-12)21-10-14(16)19/h3,5-6,9,11,17H,4,7-8,10H2,1-2H3,(H2,16,19)(H,18,20). The summed E-state index contributed by atoms with van der Waals surface area (Å²) in [5, 5.41) is 6.05. The lowest BCUT2D eigenvalue weighted by atomic mass is 10.2. The summed E-state index contributed by atoms with van der Waals surface area (Å²) < 4.78 is 5.18. The molecule has 116 valence electrons. The lowest BCUT2D eigenvalue weighted by Crippen LogP contribution is -2.24. The molecule has 6 heteroatoms. The second-order valence-corrected chi connectivity index (χ2v) is 5.04. The van der Waals surface area contributed by atoms with Crippen LogP contribution in [0.1, 0.15) is 26.7 Å². The summed E-state index contributed by atoms with van der Waals surface area (Å²) in [6, 6.07) is 7.29. The molecular formula is C15H23N3O3. The first kappa shape index (κ1) is 17.0. The Kier molecular flexibility index (Phi) is 7.25. The molecule has 0 saturated heterocycles. The van der Waals surface area contributed by atoms with Crippen LogP contribution in [0, 0.1) is 0 Å².